The van der Waals surface area contributed by atoms with E-state index in [2.05, 4.69) is 31.2 Å². The number of rotatable bonds is 7. The molecule has 0 spiro atoms. The van der Waals surface area contributed by atoms with E-state index in [1.54, 1.807) is 0 Å². The second-order valence-electron chi connectivity index (χ2n) is 6.71. The number of nitrogens with one attached hydrogen (secondary N) is 1. The minimum atomic E-state index is -0.0384. The maximum Gasteiger partial charge on any atom is 0.255 e. The Balaban J connectivity index is 0.00000288. The van der Waals surface area contributed by atoms with Gasteiger partial charge in [-0.3, -0.25) is 4.79 Å². The van der Waals surface area contributed by atoms with Gasteiger partial charge in [-0.25, -0.2) is 0 Å². The number of ether oxygens (including phenoxy) is 1. The zero-order valence-corrected chi connectivity index (χ0v) is 16.0. The molecule has 24 heavy (non-hydrogen) atoms. The van der Waals surface area contributed by atoms with Crippen LogP contribution in [0.15, 0.2) is 24.3 Å². The molecular formula is C19H31ClN2O2. The standard InChI is InChI=1S/C19H30N2O2.ClH/c1-4-14-23-17-11-7-6-10-16(17)18(22)20-15-19(21(2)3)12-8-5-9-13-19;/h6-7,10-11H,4-5,8-9,12-15H2,1-3H3,(H,20,22);1H. The van der Waals surface area contributed by atoms with Crippen molar-refractivity contribution in [1.82, 2.24) is 10.2 Å². The summed E-state index contributed by atoms with van der Waals surface area (Å²) < 4.78 is 5.70. The fraction of sp³-hybridized carbons (Fsp3) is 0.632. The molecule has 5 heteroatoms. The van der Waals surface area contributed by atoms with Crippen molar-refractivity contribution < 1.29 is 9.53 Å². The summed E-state index contributed by atoms with van der Waals surface area (Å²) in [6.07, 6.45) is 7.01. The topological polar surface area (TPSA) is 41.6 Å². The van der Waals surface area contributed by atoms with Crippen LogP contribution in [0, 0.1) is 0 Å². The van der Waals surface area contributed by atoms with Gasteiger partial charge in [-0.1, -0.05) is 38.3 Å². The van der Waals surface area contributed by atoms with E-state index in [1.165, 1.54) is 19.3 Å². The molecule has 0 aromatic heterocycles. The molecule has 0 heterocycles. The Bertz CT molecular complexity index is 514. The lowest BCUT2D eigenvalue weighted by atomic mass is 9.80. The van der Waals surface area contributed by atoms with E-state index in [4.69, 9.17) is 4.74 Å². The Hall–Kier alpha value is -1.26. The highest BCUT2D eigenvalue weighted by atomic mass is 35.5. The molecule has 136 valence electrons. The molecule has 1 fully saturated rings. The van der Waals surface area contributed by atoms with Crippen LogP contribution in [-0.2, 0) is 0 Å². The van der Waals surface area contributed by atoms with Crippen LogP contribution in [-0.4, -0.2) is 43.6 Å². The van der Waals surface area contributed by atoms with Crippen LogP contribution in [0.5, 0.6) is 5.75 Å². The molecule has 1 saturated carbocycles. The van der Waals surface area contributed by atoms with E-state index in [-0.39, 0.29) is 23.9 Å². The van der Waals surface area contributed by atoms with Gasteiger partial charge in [0.15, 0.2) is 0 Å². The minimum Gasteiger partial charge on any atom is -0.493 e. The molecular weight excluding hydrogens is 324 g/mol. The van der Waals surface area contributed by atoms with E-state index >= 15 is 0 Å². The Kier molecular flexibility index (Phi) is 8.57. The average Bonchev–Trinajstić information content (AvgIpc) is 2.58. The third kappa shape index (κ3) is 5.12. The number of nitrogens with zero attached hydrogens (tertiary/aromatic N) is 1. The minimum absolute atomic E-state index is 0. The summed E-state index contributed by atoms with van der Waals surface area (Å²) in [5.41, 5.74) is 0.721. The maximum absolute atomic E-state index is 12.6. The van der Waals surface area contributed by atoms with Crippen molar-refractivity contribution in [2.75, 3.05) is 27.2 Å². The van der Waals surface area contributed by atoms with Gasteiger partial charge in [-0.15, -0.1) is 12.4 Å². The van der Waals surface area contributed by atoms with Gasteiger partial charge in [0.2, 0.25) is 0 Å². The van der Waals surface area contributed by atoms with Gasteiger partial charge >= 0.3 is 0 Å². The Labute approximate surface area is 152 Å². The normalized spacial score (nSPS) is 16.3. The number of hydrogen-bond donors (Lipinski definition) is 1. The molecule has 1 aliphatic carbocycles. The quantitative estimate of drug-likeness (QED) is 0.807. The second kappa shape index (κ2) is 9.90. The van der Waals surface area contributed by atoms with Crippen molar-refractivity contribution in [3.05, 3.63) is 29.8 Å². The van der Waals surface area contributed by atoms with Gasteiger partial charge < -0.3 is 15.0 Å². The van der Waals surface area contributed by atoms with E-state index < -0.39 is 0 Å². The van der Waals surface area contributed by atoms with Gasteiger partial charge in [-0.2, -0.15) is 0 Å². The van der Waals surface area contributed by atoms with Gasteiger partial charge in [0.1, 0.15) is 5.75 Å². The van der Waals surface area contributed by atoms with Crippen LogP contribution in [0.2, 0.25) is 0 Å². The molecule has 4 nitrogen and oxygen atoms in total. The van der Waals surface area contributed by atoms with Crippen LogP contribution < -0.4 is 10.1 Å². The van der Waals surface area contributed by atoms with E-state index in [0.29, 0.717) is 24.5 Å². The summed E-state index contributed by atoms with van der Waals surface area (Å²) in [4.78, 5) is 14.9. The summed E-state index contributed by atoms with van der Waals surface area (Å²) in [5.74, 6) is 0.637. The van der Waals surface area contributed by atoms with Crippen molar-refractivity contribution in [2.24, 2.45) is 0 Å². The molecule has 0 unspecified atom stereocenters. The zero-order valence-electron chi connectivity index (χ0n) is 15.1. The van der Waals surface area contributed by atoms with E-state index in [0.717, 1.165) is 19.3 Å². The fourth-order valence-corrected chi connectivity index (χ4v) is 3.32. The Morgan fingerprint density at radius 1 is 1.21 bits per heavy atom. The lowest BCUT2D eigenvalue weighted by Crippen LogP contribution is -2.53. The first-order valence-electron chi connectivity index (χ1n) is 8.76. The molecule has 0 aliphatic heterocycles. The van der Waals surface area contributed by atoms with Crippen LogP contribution in [0.3, 0.4) is 0 Å². The van der Waals surface area contributed by atoms with Crippen LogP contribution in [0.4, 0.5) is 0 Å². The van der Waals surface area contributed by atoms with Crippen molar-refractivity contribution in [3.8, 4) is 5.75 Å². The first-order chi connectivity index (χ1) is 11.1. The monoisotopic (exact) mass is 354 g/mol. The lowest BCUT2D eigenvalue weighted by Gasteiger charge is -2.43. The molecule has 0 radical (unpaired) electrons. The van der Waals surface area contributed by atoms with Crippen LogP contribution in [0.1, 0.15) is 55.8 Å². The molecule has 1 aromatic rings. The number of para-hydroxylation sites is 1. The Morgan fingerprint density at radius 3 is 2.50 bits per heavy atom. The first kappa shape index (κ1) is 20.8. The summed E-state index contributed by atoms with van der Waals surface area (Å²) >= 11 is 0. The maximum atomic E-state index is 12.6. The molecule has 2 rings (SSSR count). The average molecular weight is 355 g/mol. The summed E-state index contributed by atoms with van der Waals surface area (Å²) in [5, 5.41) is 3.15. The van der Waals surface area contributed by atoms with Crippen molar-refractivity contribution in [1.29, 1.82) is 0 Å². The Morgan fingerprint density at radius 2 is 1.88 bits per heavy atom. The third-order valence-electron chi connectivity index (χ3n) is 4.90. The predicted octanol–water partition coefficient (Wildman–Crippen LogP) is 3.89. The van der Waals surface area contributed by atoms with Gasteiger partial charge in [0.25, 0.3) is 5.91 Å². The highest BCUT2D eigenvalue weighted by Gasteiger charge is 2.34. The van der Waals surface area contributed by atoms with Crippen molar-refractivity contribution >= 4 is 18.3 Å². The number of hydrogen-bond acceptors (Lipinski definition) is 3. The predicted molar refractivity (Wildman–Crippen MR) is 101 cm³/mol. The van der Waals surface area contributed by atoms with Crippen LogP contribution in [0.25, 0.3) is 0 Å². The number of amides is 1. The van der Waals surface area contributed by atoms with E-state index in [9.17, 15) is 4.79 Å². The fourth-order valence-electron chi connectivity index (χ4n) is 3.32. The second-order valence-corrected chi connectivity index (χ2v) is 6.71. The highest BCUT2D eigenvalue weighted by molar-refractivity contribution is 5.96. The molecule has 1 N–H and O–H groups in total. The van der Waals surface area contributed by atoms with E-state index in [1.807, 2.05) is 24.3 Å². The SMILES string of the molecule is CCCOc1ccccc1C(=O)NCC1(N(C)C)CCCCC1.Cl. The van der Waals surface area contributed by atoms with Gasteiger partial charge in [0.05, 0.1) is 12.2 Å². The van der Waals surface area contributed by atoms with Crippen LogP contribution >= 0.6 is 12.4 Å². The number of carbonyl (C=O) groups excluding carboxylic acids is 1. The molecule has 0 saturated heterocycles. The summed E-state index contributed by atoms with van der Waals surface area (Å²) in [7, 11) is 4.24. The smallest absolute Gasteiger partial charge is 0.255 e. The largest absolute Gasteiger partial charge is 0.493 e. The van der Waals surface area contributed by atoms with Crippen molar-refractivity contribution in [3.63, 3.8) is 0 Å². The first-order valence-corrected chi connectivity index (χ1v) is 8.76. The zero-order chi connectivity index (χ0) is 16.7. The number of halogens is 1. The lowest BCUT2D eigenvalue weighted by molar-refractivity contribution is 0.0797. The number of carbonyl (C=O) groups is 1. The molecule has 0 bridgehead atoms. The summed E-state index contributed by atoms with van der Waals surface area (Å²) in [6, 6.07) is 7.50. The van der Waals surface area contributed by atoms with Gasteiger partial charge in [0, 0.05) is 12.1 Å². The highest BCUT2D eigenvalue weighted by Crippen LogP contribution is 2.31. The molecule has 1 aliphatic rings. The molecule has 1 aromatic carbocycles. The molecule has 0 atom stereocenters. The number of likely N-dealkylation sites (N-methyl/N-ethyl adjacent to an activating group) is 1. The number of benzene rings is 1. The molecule has 1 amide bonds. The third-order valence-corrected chi connectivity index (χ3v) is 4.90. The summed E-state index contributed by atoms with van der Waals surface area (Å²) in [6.45, 7) is 3.39. The van der Waals surface area contributed by atoms with Gasteiger partial charge in [-0.05, 0) is 45.5 Å². The van der Waals surface area contributed by atoms with Crippen molar-refractivity contribution in [2.45, 2.75) is 51.0 Å².